The van der Waals surface area contributed by atoms with Crippen molar-refractivity contribution in [3.05, 3.63) is 36.1 Å². The minimum Gasteiger partial charge on any atom is -0.464 e. The summed E-state index contributed by atoms with van der Waals surface area (Å²) in [5.41, 5.74) is 7.09. The summed E-state index contributed by atoms with van der Waals surface area (Å²) in [5.74, 6) is -0.494. The fraction of sp³-hybridized carbons (Fsp3) is 0.375. The number of rotatable bonds is 3. The second-order valence-electron chi connectivity index (χ2n) is 5.51. The summed E-state index contributed by atoms with van der Waals surface area (Å²) in [6.07, 6.45) is 3.55. The fourth-order valence-corrected chi connectivity index (χ4v) is 2.92. The van der Waals surface area contributed by atoms with Gasteiger partial charge in [-0.3, -0.25) is 9.59 Å². The lowest BCUT2D eigenvalue weighted by atomic mass is 9.96. The third kappa shape index (κ3) is 2.77. The predicted molar refractivity (Wildman–Crippen MR) is 78.4 cm³/mol. The number of nitrogens with two attached hydrogens (primary N) is 1. The van der Waals surface area contributed by atoms with Crippen LogP contribution in [0.4, 0.5) is 0 Å². The molecule has 2 amide bonds. The highest BCUT2D eigenvalue weighted by Gasteiger charge is 2.27. The molecule has 1 atom stereocenters. The van der Waals surface area contributed by atoms with Crippen molar-refractivity contribution >= 4 is 22.8 Å². The Morgan fingerprint density at radius 3 is 3.00 bits per heavy atom. The Balaban J connectivity index is 1.74. The molecule has 110 valence electrons. The number of piperidine rings is 1. The highest BCUT2D eigenvalue weighted by atomic mass is 16.3. The molecule has 5 nitrogen and oxygen atoms in total. The molecule has 1 fully saturated rings. The lowest BCUT2D eigenvalue weighted by Crippen LogP contribution is -2.44. The van der Waals surface area contributed by atoms with E-state index in [0.717, 1.165) is 29.4 Å². The SMILES string of the molecule is NC(=O)[C@H]1CCCN(C(=O)Cc2cccc3occc23)C1. The van der Waals surface area contributed by atoms with E-state index in [1.54, 1.807) is 11.2 Å². The number of hydrogen-bond acceptors (Lipinski definition) is 3. The Morgan fingerprint density at radius 2 is 2.19 bits per heavy atom. The lowest BCUT2D eigenvalue weighted by Gasteiger charge is -2.31. The van der Waals surface area contributed by atoms with Crippen LogP contribution in [0.15, 0.2) is 34.9 Å². The fourth-order valence-electron chi connectivity index (χ4n) is 2.92. The van der Waals surface area contributed by atoms with Crippen molar-refractivity contribution in [2.24, 2.45) is 11.7 Å². The number of primary amides is 1. The molecule has 1 aliphatic heterocycles. The molecule has 0 bridgehead atoms. The van der Waals surface area contributed by atoms with E-state index in [0.29, 0.717) is 19.5 Å². The van der Waals surface area contributed by atoms with Crippen molar-refractivity contribution in [1.82, 2.24) is 4.90 Å². The van der Waals surface area contributed by atoms with Crippen molar-refractivity contribution < 1.29 is 14.0 Å². The molecule has 1 aliphatic rings. The zero-order chi connectivity index (χ0) is 14.8. The zero-order valence-corrected chi connectivity index (χ0v) is 11.7. The first-order chi connectivity index (χ1) is 10.1. The minimum atomic E-state index is -0.315. The van der Waals surface area contributed by atoms with Gasteiger partial charge >= 0.3 is 0 Å². The van der Waals surface area contributed by atoms with Gasteiger partial charge in [-0.15, -0.1) is 0 Å². The van der Waals surface area contributed by atoms with Gasteiger partial charge in [-0.1, -0.05) is 12.1 Å². The number of nitrogens with zero attached hydrogens (tertiary/aromatic N) is 1. The average Bonchev–Trinajstić information content (AvgIpc) is 2.97. The minimum absolute atomic E-state index is 0.0367. The molecule has 0 radical (unpaired) electrons. The summed E-state index contributed by atoms with van der Waals surface area (Å²) in [6, 6.07) is 7.58. The molecule has 2 N–H and O–H groups in total. The highest BCUT2D eigenvalue weighted by molar-refractivity contribution is 5.88. The molecule has 1 aromatic heterocycles. The number of carbonyl (C=O) groups is 2. The van der Waals surface area contributed by atoms with Gasteiger partial charge in [0.25, 0.3) is 0 Å². The normalized spacial score (nSPS) is 18.9. The second-order valence-corrected chi connectivity index (χ2v) is 5.51. The topological polar surface area (TPSA) is 76.5 Å². The second kappa shape index (κ2) is 5.60. The van der Waals surface area contributed by atoms with Crippen LogP contribution in [0.5, 0.6) is 0 Å². The van der Waals surface area contributed by atoms with Gasteiger partial charge < -0.3 is 15.1 Å². The van der Waals surface area contributed by atoms with E-state index in [9.17, 15) is 9.59 Å². The summed E-state index contributed by atoms with van der Waals surface area (Å²) in [7, 11) is 0. The first-order valence-electron chi connectivity index (χ1n) is 7.17. The van der Waals surface area contributed by atoms with Crippen molar-refractivity contribution in [2.45, 2.75) is 19.3 Å². The number of benzene rings is 1. The molecule has 2 heterocycles. The summed E-state index contributed by atoms with van der Waals surface area (Å²) < 4.78 is 5.35. The molecular weight excluding hydrogens is 268 g/mol. The van der Waals surface area contributed by atoms with E-state index < -0.39 is 0 Å². The molecule has 0 spiro atoms. The van der Waals surface area contributed by atoms with Crippen molar-refractivity contribution in [3.8, 4) is 0 Å². The van der Waals surface area contributed by atoms with Gasteiger partial charge in [0.15, 0.2) is 0 Å². The molecule has 0 saturated carbocycles. The monoisotopic (exact) mass is 286 g/mol. The molecule has 3 rings (SSSR count). The van der Waals surface area contributed by atoms with Crippen LogP contribution in [0.2, 0.25) is 0 Å². The highest BCUT2D eigenvalue weighted by Crippen LogP contribution is 2.22. The largest absolute Gasteiger partial charge is 0.464 e. The van der Waals surface area contributed by atoms with Crippen molar-refractivity contribution in [2.75, 3.05) is 13.1 Å². The Labute approximate surface area is 122 Å². The van der Waals surface area contributed by atoms with Gasteiger partial charge in [-0.05, 0) is 30.5 Å². The van der Waals surface area contributed by atoms with Gasteiger partial charge in [-0.2, -0.15) is 0 Å². The summed E-state index contributed by atoms with van der Waals surface area (Å²) in [6.45, 7) is 1.14. The Kier molecular flexibility index (Phi) is 3.64. The molecule has 0 unspecified atom stereocenters. The Morgan fingerprint density at radius 1 is 1.33 bits per heavy atom. The van der Waals surface area contributed by atoms with E-state index in [2.05, 4.69) is 0 Å². The molecule has 5 heteroatoms. The van der Waals surface area contributed by atoms with Crippen LogP contribution in [-0.2, 0) is 16.0 Å². The predicted octanol–water partition coefficient (Wildman–Crippen LogP) is 1.70. The van der Waals surface area contributed by atoms with Gasteiger partial charge in [0.05, 0.1) is 18.6 Å². The maximum Gasteiger partial charge on any atom is 0.227 e. The molecule has 1 saturated heterocycles. The summed E-state index contributed by atoms with van der Waals surface area (Å²) in [5, 5.41) is 0.967. The van der Waals surface area contributed by atoms with Crippen molar-refractivity contribution in [3.63, 3.8) is 0 Å². The van der Waals surface area contributed by atoms with Gasteiger partial charge in [0.2, 0.25) is 11.8 Å². The van der Waals surface area contributed by atoms with Gasteiger partial charge in [0.1, 0.15) is 5.58 Å². The van der Waals surface area contributed by atoms with Crippen LogP contribution in [-0.4, -0.2) is 29.8 Å². The smallest absolute Gasteiger partial charge is 0.227 e. The summed E-state index contributed by atoms with van der Waals surface area (Å²) in [4.78, 5) is 25.5. The number of likely N-dealkylation sites (tertiary alicyclic amines) is 1. The Hall–Kier alpha value is -2.30. The quantitative estimate of drug-likeness (QED) is 0.933. The third-order valence-corrected chi connectivity index (χ3v) is 4.10. The van der Waals surface area contributed by atoms with E-state index in [-0.39, 0.29) is 17.7 Å². The van der Waals surface area contributed by atoms with Crippen LogP contribution < -0.4 is 5.73 Å². The number of furan rings is 1. The molecule has 0 aliphatic carbocycles. The van der Waals surface area contributed by atoms with Crippen LogP contribution in [0.1, 0.15) is 18.4 Å². The van der Waals surface area contributed by atoms with Crippen LogP contribution in [0.3, 0.4) is 0 Å². The Bertz CT molecular complexity index is 677. The maximum absolute atomic E-state index is 12.4. The zero-order valence-electron chi connectivity index (χ0n) is 11.7. The molecule has 21 heavy (non-hydrogen) atoms. The van der Waals surface area contributed by atoms with E-state index in [1.165, 1.54) is 0 Å². The standard InChI is InChI=1S/C16H18N2O3/c17-16(20)12-4-2-7-18(10-12)15(19)9-11-3-1-5-14-13(11)6-8-21-14/h1,3,5-6,8,12H,2,4,7,9-10H2,(H2,17,20)/t12-/m0/s1. The maximum atomic E-state index is 12.4. The lowest BCUT2D eigenvalue weighted by molar-refractivity contribution is -0.134. The number of amides is 2. The molecular formula is C16H18N2O3. The molecule has 2 aromatic rings. The van der Waals surface area contributed by atoms with Gasteiger partial charge in [0, 0.05) is 18.5 Å². The van der Waals surface area contributed by atoms with Gasteiger partial charge in [-0.25, -0.2) is 0 Å². The van der Waals surface area contributed by atoms with Crippen LogP contribution in [0.25, 0.3) is 11.0 Å². The molecule has 1 aromatic carbocycles. The van der Waals surface area contributed by atoms with E-state index in [4.69, 9.17) is 10.2 Å². The third-order valence-electron chi connectivity index (χ3n) is 4.10. The average molecular weight is 286 g/mol. The van der Waals surface area contributed by atoms with E-state index >= 15 is 0 Å². The first kappa shape index (κ1) is 13.7. The van der Waals surface area contributed by atoms with E-state index in [1.807, 2.05) is 24.3 Å². The first-order valence-corrected chi connectivity index (χ1v) is 7.17. The number of carbonyl (C=O) groups excluding carboxylic acids is 2. The van der Waals surface area contributed by atoms with Crippen molar-refractivity contribution in [1.29, 1.82) is 0 Å². The van der Waals surface area contributed by atoms with Crippen LogP contribution >= 0.6 is 0 Å². The number of hydrogen-bond donors (Lipinski definition) is 1. The summed E-state index contributed by atoms with van der Waals surface area (Å²) >= 11 is 0. The number of fused-ring (bicyclic) bond motifs is 1. The van der Waals surface area contributed by atoms with Crippen LogP contribution in [0, 0.1) is 5.92 Å².